The second kappa shape index (κ2) is 6.70. The van der Waals surface area contributed by atoms with Crippen molar-refractivity contribution in [1.29, 1.82) is 0 Å². The molecule has 0 bridgehead atoms. The van der Waals surface area contributed by atoms with Gasteiger partial charge in [0.05, 0.1) is 24.4 Å². The lowest BCUT2D eigenvalue weighted by Gasteiger charge is -2.29. The summed E-state index contributed by atoms with van der Waals surface area (Å²) < 4.78 is 11.8. The molecule has 3 rings (SSSR count). The molecular formula is C20H28N2O3. The predicted octanol–water partition coefficient (Wildman–Crippen LogP) is 4.22. The van der Waals surface area contributed by atoms with Gasteiger partial charge in [-0.15, -0.1) is 0 Å². The summed E-state index contributed by atoms with van der Waals surface area (Å²) in [5.74, 6) is 1.77. The van der Waals surface area contributed by atoms with Crippen LogP contribution in [-0.2, 0) is 0 Å². The van der Waals surface area contributed by atoms with Crippen molar-refractivity contribution >= 4 is 17.8 Å². The number of methoxy groups -OCH3 is 1. The quantitative estimate of drug-likeness (QED) is 0.803. The Morgan fingerprint density at radius 3 is 2.76 bits per heavy atom. The van der Waals surface area contributed by atoms with Crippen molar-refractivity contribution in [1.82, 2.24) is 4.90 Å². The number of hydrogen-bond acceptors (Lipinski definition) is 4. The molecular weight excluding hydrogens is 316 g/mol. The lowest BCUT2D eigenvalue weighted by Crippen LogP contribution is -2.35. The fraction of sp³-hybridized carbons (Fsp3) is 0.600. The number of rotatable bonds is 5. The van der Waals surface area contributed by atoms with Gasteiger partial charge in [-0.3, -0.25) is 9.79 Å². The minimum atomic E-state index is -0.325. The molecule has 136 valence electrons. The Labute approximate surface area is 150 Å². The van der Waals surface area contributed by atoms with Crippen LogP contribution in [0, 0.1) is 5.92 Å². The highest BCUT2D eigenvalue weighted by molar-refractivity contribution is 6.03. The van der Waals surface area contributed by atoms with Crippen LogP contribution in [-0.4, -0.2) is 42.3 Å². The number of aliphatic imine (C=N–C) groups is 1. The van der Waals surface area contributed by atoms with Gasteiger partial charge in [-0.1, -0.05) is 13.8 Å². The van der Waals surface area contributed by atoms with Gasteiger partial charge in [-0.05, 0) is 45.1 Å². The van der Waals surface area contributed by atoms with Crippen molar-refractivity contribution in [3.8, 4) is 11.5 Å². The molecule has 2 aliphatic heterocycles. The average Bonchev–Trinajstić information content (AvgIpc) is 2.94. The van der Waals surface area contributed by atoms with E-state index in [4.69, 9.17) is 9.47 Å². The third kappa shape index (κ3) is 3.65. The van der Waals surface area contributed by atoms with E-state index in [0.717, 1.165) is 25.8 Å². The molecule has 0 unspecified atom stereocenters. The first-order valence-electron chi connectivity index (χ1n) is 9.07. The number of hydrogen-bond donors (Lipinski definition) is 0. The molecule has 25 heavy (non-hydrogen) atoms. The van der Waals surface area contributed by atoms with Gasteiger partial charge in [-0.2, -0.15) is 0 Å². The molecule has 1 saturated heterocycles. The van der Waals surface area contributed by atoms with Crippen molar-refractivity contribution in [3.05, 3.63) is 17.7 Å². The van der Waals surface area contributed by atoms with Gasteiger partial charge < -0.3 is 14.4 Å². The maximum atomic E-state index is 12.9. The largest absolute Gasteiger partial charge is 0.493 e. The zero-order valence-corrected chi connectivity index (χ0v) is 15.8. The van der Waals surface area contributed by atoms with E-state index in [-0.39, 0.29) is 17.6 Å². The van der Waals surface area contributed by atoms with E-state index < -0.39 is 0 Å². The predicted molar refractivity (Wildman–Crippen MR) is 99.4 cm³/mol. The van der Waals surface area contributed by atoms with Gasteiger partial charge >= 0.3 is 0 Å². The van der Waals surface area contributed by atoms with Crippen LogP contribution >= 0.6 is 0 Å². The zero-order chi connectivity index (χ0) is 18.2. The second-order valence-electron chi connectivity index (χ2n) is 7.97. The van der Waals surface area contributed by atoms with Crippen LogP contribution in [0.25, 0.3) is 0 Å². The minimum Gasteiger partial charge on any atom is -0.493 e. The summed E-state index contributed by atoms with van der Waals surface area (Å²) in [5, 5.41) is 0. The smallest absolute Gasteiger partial charge is 0.256 e. The highest BCUT2D eigenvalue weighted by Gasteiger charge is 2.33. The standard InChI is InChI=1S/C20H28N2O3/c1-13(2)11-20(3,4)25-18-10-16-15(9-17(18)24-5)19(23)22-8-6-7-14(22)12-21-16/h9-10,12-14H,6-8,11H2,1-5H3/t14-/m0/s1. The molecule has 0 spiro atoms. The van der Waals surface area contributed by atoms with Crippen molar-refractivity contribution < 1.29 is 14.3 Å². The Bertz CT molecular complexity index is 694. The fourth-order valence-electron chi connectivity index (χ4n) is 3.91. The summed E-state index contributed by atoms with van der Waals surface area (Å²) in [6.07, 6.45) is 4.82. The van der Waals surface area contributed by atoms with Crippen molar-refractivity contribution in [2.75, 3.05) is 13.7 Å². The highest BCUT2D eigenvalue weighted by Crippen LogP contribution is 2.40. The van der Waals surface area contributed by atoms with E-state index in [9.17, 15) is 4.79 Å². The molecule has 5 heteroatoms. The van der Waals surface area contributed by atoms with Gasteiger partial charge in [0.25, 0.3) is 5.91 Å². The monoisotopic (exact) mass is 344 g/mol. The third-order valence-corrected chi connectivity index (χ3v) is 4.74. The van der Waals surface area contributed by atoms with Crippen LogP contribution < -0.4 is 9.47 Å². The van der Waals surface area contributed by atoms with Crippen LogP contribution in [0.2, 0.25) is 0 Å². The molecule has 1 aromatic carbocycles. The van der Waals surface area contributed by atoms with E-state index in [1.165, 1.54) is 0 Å². The first-order chi connectivity index (χ1) is 11.8. The van der Waals surface area contributed by atoms with Crippen molar-refractivity contribution in [3.63, 3.8) is 0 Å². The van der Waals surface area contributed by atoms with Gasteiger partial charge in [0.1, 0.15) is 5.60 Å². The van der Waals surface area contributed by atoms with E-state index in [2.05, 4.69) is 32.7 Å². The van der Waals surface area contributed by atoms with Gasteiger partial charge in [0, 0.05) is 18.8 Å². The number of fused-ring (bicyclic) bond motifs is 2. The molecule has 1 aromatic rings. The summed E-state index contributed by atoms with van der Waals surface area (Å²) in [6, 6.07) is 3.72. The molecule has 1 fully saturated rings. The molecule has 0 aliphatic carbocycles. The zero-order valence-electron chi connectivity index (χ0n) is 15.8. The Morgan fingerprint density at radius 1 is 1.32 bits per heavy atom. The molecule has 2 heterocycles. The van der Waals surface area contributed by atoms with Crippen LogP contribution in [0.4, 0.5) is 5.69 Å². The van der Waals surface area contributed by atoms with Crippen LogP contribution in [0.15, 0.2) is 17.1 Å². The maximum Gasteiger partial charge on any atom is 0.256 e. The number of benzene rings is 1. The SMILES string of the molecule is COc1cc2c(cc1OC(C)(C)CC(C)C)N=C[C@@H]1CCCN1C2=O. The lowest BCUT2D eigenvalue weighted by atomic mass is 9.96. The molecule has 0 N–H and O–H groups in total. The van der Waals surface area contributed by atoms with Crippen LogP contribution in [0.5, 0.6) is 11.5 Å². The molecule has 2 aliphatic rings. The Hall–Kier alpha value is -2.04. The number of carbonyl (C=O) groups excluding carboxylic acids is 1. The first kappa shape index (κ1) is 17.8. The Kier molecular flexibility index (Phi) is 4.76. The summed E-state index contributed by atoms with van der Waals surface area (Å²) >= 11 is 0. The second-order valence-corrected chi connectivity index (χ2v) is 7.97. The average molecular weight is 344 g/mol. The number of ether oxygens (including phenoxy) is 2. The molecule has 0 saturated carbocycles. The molecule has 5 nitrogen and oxygen atoms in total. The van der Waals surface area contributed by atoms with Crippen LogP contribution in [0.3, 0.4) is 0 Å². The highest BCUT2D eigenvalue weighted by atomic mass is 16.5. The number of nitrogens with zero attached hydrogens (tertiary/aromatic N) is 2. The summed E-state index contributed by atoms with van der Waals surface area (Å²) in [7, 11) is 1.60. The Morgan fingerprint density at radius 2 is 2.08 bits per heavy atom. The molecule has 0 aromatic heterocycles. The van der Waals surface area contributed by atoms with E-state index in [1.54, 1.807) is 13.2 Å². The molecule has 1 atom stereocenters. The van der Waals surface area contributed by atoms with Crippen LogP contribution in [0.1, 0.15) is 57.3 Å². The van der Waals surface area contributed by atoms with E-state index in [1.807, 2.05) is 17.2 Å². The normalized spacial score (nSPS) is 19.7. The number of amides is 1. The first-order valence-corrected chi connectivity index (χ1v) is 9.07. The lowest BCUT2D eigenvalue weighted by molar-refractivity contribution is 0.0772. The van der Waals surface area contributed by atoms with Crippen molar-refractivity contribution in [2.24, 2.45) is 10.9 Å². The number of carbonyl (C=O) groups is 1. The minimum absolute atomic E-state index is 0.0290. The van der Waals surface area contributed by atoms with Gasteiger partial charge in [0.15, 0.2) is 11.5 Å². The summed E-state index contributed by atoms with van der Waals surface area (Å²) in [5.41, 5.74) is 0.927. The topological polar surface area (TPSA) is 51.1 Å². The van der Waals surface area contributed by atoms with Gasteiger partial charge in [-0.25, -0.2) is 0 Å². The summed E-state index contributed by atoms with van der Waals surface area (Å²) in [6.45, 7) is 9.28. The Balaban J connectivity index is 1.97. The summed E-state index contributed by atoms with van der Waals surface area (Å²) in [4.78, 5) is 19.4. The molecule has 0 radical (unpaired) electrons. The van der Waals surface area contributed by atoms with Crippen molar-refractivity contribution in [2.45, 2.75) is 58.6 Å². The molecule has 1 amide bonds. The fourth-order valence-corrected chi connectivity index (χ4v) is 3.91. The maximum absolute atomic E-state index is 12.9. The van der Waals surface area contributed by atoms with E-state index in [0.29, 0.717) is 28.7 Å². The van der Waals surface area contributed by atoms with Gasteiger partial charge in [0.2, 0.25) is 0 Å². The third-order valence-electron chi connectivity index (χ3n) is 4.74. The van der Waals surface area contributed by atoms with E-state index >= 15 is 0 Å².